The Balaban J connectivity index is 2.58. The molecule has 0 saturated heterocycles. The van der Waals surface area contributed by atoms with Crippen molar-refractivity contribution in [2.45, 2.75) is 19.4 Å². The number of amides is 1. The molecule has 0 aromatic heterocycles. The van der Waals surface area contributed by atoms with Crippen molar-refractivity contribution in [2.24, 2.45) is 0 Å². The van der Waals surface area contributed by atoms with Crippen molar-refractivity contribution < 1.29 is 14.8 Å². The number of aliphatic hydroxyl groups excluding tert-OH is 1. The summed E-state index contributed by atoms with van der Waals surface area (Å²) < 4.78 is 0. The lowest BCUT2D eigenvalue weighted by Gasteiger charge is -2.07. The van der Waals surface area contributed by atoms with Gasteiger partial charge in [0.05, 0.1) is 11.0 Å². The summed E-state index contributed by atoms with van der Waals surface area (Å²) in [6, 6.07) is 5.98. The minimum atomic E-state index is -0.560. The third-order valence-corrected chi connectivity index (χ3v) is 2.49. The van der Waals surface area contributed by atoms with Crippen molar-refractivity contribution in [3.8, 4) is 0 Å². The quantitative estimate of drug-likeness (QED) is 0.462. The van der Waals surface area contributed by atoms with E-state index >= 15 is 0 Å². The fraction of sp³-hybridized carbons (Fsp3) is 0.308. The number of nitro groups is 1. The largest absolute Gasteiger partial charge is 0.391 e. The topological polar surface area (TPSA) is 92.5 Å². The van der Waals surface area contributed by atoms with Crippen LogP contribution in [-0.4, -0.2) is 28.6 Å². The van der Waals surface area contributed by atoms with Crippen LogP contribution in [0, 0.1) is 10.1 Å². The van der Waals surface area contributed by atoms with E-state index in [0.29, 0.717) is 12.0 Å². The fourth-order valence-corrected chi connectivity index (χ4v) is 1.34. The molecular weight excluding hydrogens is 248 g/mol. The normalized spacial score (nSPS) is 12.3. The van der Waals surface area contributed by atoms with E-state index in [4.69, 9.17) is 0 Å². The van der Waals surface area contributed by atoms with Crippen LogP contribution in [0.15, 0.2) is 30.3 Å². The second-order valence-electron chi connectivity index (χ2n) is 3.99. The molecule has 0 saturated carbocycles. The number of rotatable bonds is 6. The van der Waals surface area contributed by atoms with E-state index in [1.807, 2.05) is 6.92 Å². The Kier molecular flexibility index (Phi) is 5.69. The van der Waals surface area contributed by atoms with Crippen molar-refractivity contribution >= 4 is 17.7 Å². The van der Waals surface area contributed by atoms with Crippen LogP contribution in [0.3, 0.4) is 0 Å². The van der Waals surface area contributed by atoms with E-state index in [1.54, 1.807) is 12.1 Å². The maximum Gasteiger partial charge on any atom is 0.270 e. The molecule has 0 fully saturated rings. The van der Waals surface area contributed by atoms with Gasteiger partial charge in [0.2, 0.25) is 5.91 Å². The van der Waals surface area contributed by atoms with Gasteiger partial charge < -0.3 is 10.4 Å². The Bertz CT molecular complexity index is 485. The molecule has 1 unspecified atom stereocenters. The standard InChI is InChI=1S/C13H16N2O4/c1-2-12(16)9-14-13(17)7-6-10-4-3-5-11(8-10)15(18)19/h3-8,12,16H,2,9H2,1H3,(H,14,17)/b7-6+. The van der Waals surface area contributed by atoms with Crippen LogP contribution in [0.4, 0.5) is 5.69 Å². The number of nitro benzene ring substituents is 1. The van der Waals surface area contributed by atoms with Crippen LogP contribution in [0.2, 0.25) is 0 Å². The van der Waals surface area contributed by atoms with Gasteiger partial charge in [-0.15, -0.1) is 0 Å². The average Bonchev–Trinajstić information content (AvgIpc) is 2.42. The molecule has 0 aliphatic heterocycles. The van der Waals surface area contributed by atoms with E-state index < -0.39 is 11.0 Å². The highest BCUT2D eigenvalue weighted by Crippen LogP contribution is 2.13. The first-order chi connectivity index (χ1) is 9.02. The highest BCUT2D eigenvalue weighted by molar-refractivity contribution is 5.91. The fourth-order valence-electron chi connectivity index (χ4n) is 1.34. The SMILES string of the molecule is CCC(O)CNC(=O)/C=C/c1cccc([N+](=O)[O-])c1. The minimum Gasteiger partial charge on any atom is -0.391 e. The van der Waals surface area contributed by atoms with Crippen LogP contribution in [0.1, 0.15) is 18.9 Å². The molecule has 19 heavy (non-hydrogen) atoms. The van der Waals surface area contributed by atoms with Gasteiger partial charge in [0.15, 0.2) is 0 Å². The summed E-state index contributed by atoms with van der Waals surface area (Å²) >= 11 is 0. The number of nitrogens with one attached hydrogen (secondary N) is 1. The molecule has 0 aliphatic carbocycles. The molecule has 6 heteroatoms. The third-order valence-electron chi connectivity index (χ3n) is 2.49. The Morgan fingerprint density at radius 3 is 2.95 bits per heavy atom. The lowest BCUT2D eigenvalue weighted by atomic mass is 10.2. The highest BCUT2D eigenvalue weighted by Gasteiger charge is 2.05. The lowest BCUT2D eigenvalue weighted by molar-refractivity contribution is -0.384. The Morgan fingerprint density at radius 1 is 1.58 bits per heavy atom. The molecular formula is C13H16N2O4. The van der Waals surface area contributed by atoms with Gasteiger partial charge in [0, 0.05) is 24.8 Å². The predicted octanol–water partition coefficient (Wildman–Crippen LogP) is 1.50. The van der Waals surface area contributed by atoms with Crippen molar-refractivity contribution in [3.05, 3.63) is 46.0 Å². The molecule has 2 N–H and O–H groups in total. The number of aliphatic hydroxyl groups is 1. The van der Waals surface area contributed by atoms with Crippen molar-refractivity contribution in [1.82, 2.24) is 5.32 Å². The summed E-state index contributed by atoms with van der Waals surface area (Å²) in [5.74, 6) is -0.348. The van der Waals surface area contributed by atoms with E-state index in [-0.39, 0.29) is 18.1 Å². The smallest absolute Gasteiger partial charge is 0.270 e. The molecule has 0 aliphatic rings. The zero-order valence-corrected chi connectivity index (χ0v) is 10.6. The molecule has 1 atom stereocenters. The summed E-state index contributed by atoms with van der Waals surface area (Å²) in [5.41, 5.74) is 0.546. The summed E-state index contributed by atoms with van der Waals surface area (Å²) in [5, 5.41) is 22.4. The third kappa shape index (κ3) is 5.31. The first-order valence-corrected chi connectivity index (χ1v) is 5.91. The van der Waals surface area contributed by atoms with Crippen LogP contribution < -0.4 is 5.32 Å². The number of non-ortho nitro benzene ring substituents is 1. The van der Waals surface area contributed by atoms with Crippen molar-refractivity contribution in [3.63, 3.8) is 0 Å². The van der Waals surface area contributed by atoms with Gasteiger partial charge in [-0.3, -0.25) is 14.9 Å². The molecule has 1 amide bonds. The van der Waals surface area contributed by atoms with E-state index in [2.05, 4.69) is 5.32 Å². The maximum absolute atomic E-state index is 11.4. The van der Waals surface area contributed by atoms with Crippen LogP contribution in [0.5, 0.6) is 0 Å². The zero-order valence-electron chi connectivity index (χ0n) is 10.6. The van der Waals surface area contributed by atoms with Gasteiger partial charge in [-0.1, -0.05) is 19.1 Å². The molecule has 102 valence electrons. The van der Waals surface area contributed by atoms with Gasteiger partial charge in [-0.05, 0) is 18.1 Å². The summed E-state index contributed by atoms with van der Waals surface area (Å²) in [4.78, 5) is 21.5. The molecule has 0 spiro atoms. The van der Waals surface area contributed by atoms with Crippen molar-refractivity contribution in [2.75, 3.05) is 6.54 Å². The lowest BCUT2D eigenvalue weighted by Crippen LogP contribution is -2.30. The van der Waals surface area contributed by atoms with Crippen LogP contribution >= 0.6 is 0 Å². The zero-order chi connectivity index (χ0) is 14.3. The van der Waals surface area contributed by atoms with E-state index in [0.717, 1.165) is 0 Å². The van der Waals surface area contributed by atoms with E-state index in [9.17, 15) is 20.0 Å². The van der Waals surface area contributed by atoms with Gasteiger partial charge in [-0.2, -0.15) is 0 Å². The molecule has 0 heterocycles. The monoisotopic (exact) mass is 264 g/mol. The number of carbonyl (C=O) groups is 1. The van der Waals surface area contributed by atoms with Gasteiger partial charge in [0.1, 0.15) is 0 Å². The molecule has 0 radical (unpaired) electrons. The molecule has 1 aromatic carbocycles. The van der Waals surface area contributed by atoms with Crippen molar-refractivity contribution in [1.29, 1.82) is 0 Å². The Labute approximate surface area is 110 Å². The maximum atomic E-state index is 11.4. The average molecular weight is 264 g/mol. The molecule has 1 rings (SSSR count). The number of hydrogen-bond donors (Lipinski definition) is 2. The van der Waals surface area contributed by atoms with Crippen LogP contribution in [-0.2, 0) is 4.79 Å². The predicted molar refractivity (Wildman–Crippen MR) is 71.4 cm³/mol. The molecule has 1 aromatic rings. The van der Waals surface area contributed by atoms with Gasteiger partial charge >= 0.3 is 0 Å². The second-order valence-corrected chi connectivity index (χ2v) is 3.99. The van der Waals surface area contributed by atoms with Gasteiger partial charge in [0.25, 0.3) is 5.69 Å². The highest BCUT2D eigenvalue weighted by atomic mass is 16.6. The summed E-state index contributed by atoms with van der Waals surface area (Å²) in [7, 11) is 0. The van der Waals surface area contributed by atoms with Crippen LogP contribution in [0.25, 0.3) is 6.08 Å². The summed E-state index contributed by atoms with van der Waals surface area (Å²) in [6.07, 6.45) is 2.77. The number of carbonyl (C=O) groups excluding carboxylic acids is 1. The molecule has 0 bridgehead atoms. The van der Waals surface area contributed by atoms with E-state index in [1.165, 1.54) is 24.3 Å². The minimum absolute atomic E-state index is 0.0241. The van der Waals surface area contributed by atoms with Gasteiger partial charge in [-0.25, -0.2) is 0 Å². The number of hydrogen-bond acceptors (Lipinski definition) is 4. The summed E-state index contributed by atoms with van der Waals surface area (Å²) in [6.45, 7) is 2.00. The number of nitrogens with zero attached hydrogens (tertiary/aromatic N) is 1. The first kappa shape index (κ1) is 14.8. The first-order valence-electron chi connectivity index (χ1n) is 5.91. The Morgan fingerprint density at radius 2 is 2.32 bits per heavy atom. The second kappa shape index (κ2) is 7.27. The molecule has 6 nitrogen and oxygen atoms in total. The Hall–Kier alpha value is -2.21. The number of benzene rings is 1.